The first-order valence-electron chi connectivity index (χ1n) is 5.48. The Morgan fingerprint density at radius 1 is 1.18 bits per heavy atom. The highest BCUT2D eigenvalue weighted by atomic mass is 19.1. The summed E-state index contributed by atoms with van der Waals surface area (Å²) in [4.78, 5) is 0. The summed E-state index contributed by atoms with van der Waals surface area (Å²) in [5, 5.41) is 4.13. The molecule has 1 aromatic carbocycles. The Bertz CT molecular complexity index is 544. The summed E-state index contributed by atoms with van der Waals surface area (Å²) in [5.74, 6) is -0.900. The number of benzene rings is 1. The minimum atomic E-state index is -0.568. The zero-order valence-electron chi connectivity index (χ0n) is 10.0. The van der Waals surface area contributed by atoms with Gasteiger partial charge in [-0.1, -0.05) is 13.8 Å². The summed E-state index contributed by atoms with van der Waals surface area (Å²) in [6, 6.07) is 3.61. The monoisotopic (exact) mass is 236 g/mol. The van der Waals surface area contributed by atoms with Gasteiger partial charge in [0.05, 0.1) is 6.20 Å². The van der Waals surface area contributed by atoms with Crippen molar-refractivity contribution in [2.75, 3.05) is 0 Å². The number of aryl methyl sites for hydroxylation is 1. The Morgan fingerprint density at radius 3 is 2.47 bits per heavy atom. The fourth-order valence-electron chi connectivity index (χ4n) is 2.05. The van der Waals surface area contributed by atoms with Crippen LogP contribution in [0.1, 0.15) is 25.5 Å². The van der Waals surface area contributed by atoms with Gasteiger partial charge in [0, 0.05) is 29.9 Å². The van der Waals surface area contributed by atoms with E-state index in [0.29, 0.717) is 5.56 Å². The lowest BCUT2D eigenvalue weighted by Gasteiger charge is -2.10. The first kappa shape index (κ1) is 11.8. The summed E-state index contributed by atoms with van der Waals surface area (Å²) >= 11 is 0. The summed E-state index contributed by atoms with van der Waals surface area (Å²) in [5.41, 5.74) is 2.05. The van der Waals surface area contributed by atoms with Crippen molar-refractivity contribution in [2.24, 2.45) is 7.05 Å². The zero-order valence-corrected chi connectivity index (χ0v) is 10.0. The van der Waals surface area contributed by atoms with E-state index in [-0.39, 0.29) is 5.92 Å². The van der Waals surface area contributed by atoms with Gasteiger partial charge in [0.2, 0.25) is 0 Å². The second-order valence-corrected chi connectivity index (χ2v) is 4.35. The van der Waals surface area contributed by atoms with Crippen LogP contribution in [0.25, 0.3) is 11.1 Å². The van der Waals surface area contributed by atoms with Gasteiger partial charge in [-0.05, 0) is 18.1 Å². The Morgan fingerprint density at radius 2 is 1.88 bits per heavy atom. The van der Waals surface area contributed by atoms with Gasteiger partial charge in [-0.3, -0.25) is 4.68 Å². The molecule has 0 saturated heterocycles. The number of hydrogen-bond donors (Lipinski definition) is 0. The van der Waals surface area contributed by atoms with Crippen LogP contribution >= 0.6 is 0 Å². The lowest BCUT2D eigenvalue weighted by Crippen LogP contribution is -2.01. The lowest BCUT2D eigenvalue weighted by atomic mass is 9.99. The number of nitrogens with zero attached hydrogens (tertiary/aromatic N) is 2. The van der Waals surface area contributed by atoms with Crippen molar-refractivity contribution in [3.63, 3.8) is 0 Å². The van der Waals surface area contributed by atoms with Crippen LogP contribution in [-0.2, 0) is 7.05 Å². The zero-order chi connectivity index (χ0) is 12.6. The third-order valence-electron chi connectivity index (χ3n) is 2.75. The summed E-state index contributed by atoms with van der Waals surface area (Å²) in [6.07, 6.45) is 1.62. The minimum Gasteiger partial charge on any atom is -0.272 e. The average molecular weight is 236 g/mol. The summed E-state index contributed by atoms with van der Waals surface area (Å²) in [6.45, 7) is 4.03. The normalized spacial score (nSPS) is 11.2. The van der Waals surface area contributed by atoms with Gasteiger partial charge in [-0.25, -0.2) is 8.78 Å². The van der Waals surface area contributed by atoms with Crippen LogP contribution in [0.4, 0.5) is 8.78 Å². The number of aromatic nitrogens is 2. The highest BCUT2D eigenvalue weighted by molar-refractivity contribution is 5.66. The number of hydrogen-bond acceptors (Lipinski definition) is 1. The van der Waals surface area contributed by atoms with Gasteiger partial charge in [-0.15, -0.1) is 0 Å². The predicted molar refractivity (Wildman–Crippen MR) is 62.6 cm³/mol. The van der Waals surface area contributed by atoms with Crippen molar-refractivity contribution in [3.8, 4) is 11.1 Å². The van der Waals surface area contributed by atoms with Crippen molar-refractivity contribution >= 4 is 0 Å². The van der Waals surface area contributed by atoms with E-state index in [4.69, 9.17) is 0 Å². The van der Waals surface area contributed by atoms with Crippen molar-refractivity contribution in [3.05, 3.63) is 41.7 Å². The fourth-order valence-corrected chi connectivity index (χ4v) is 2.05. The Balaban J connectivity index is 2.61. The molecule has 1 heterocycles. The van der Waals surface area contributed by atoms with E-state index >= 15 is 0 Å². The maximum absolute atomic E-state index is 13.7. The van der Waals surface area contributed by atoms with Gasteiger partial charge in [-0.2, -0.15) is 5.10 Å². The van der Waals surface area contributed by atoms with Crippen LogP contribution in [-0.4, -0.2) is 9.78 Å². The Labute approximate surface area is 98.9 Å². The molecule has 17 heavy (non-hydrogen) atoms. The summed E-state index contributed by atoms with van der Waals surface area (Å²) in [7, 11) is 1.82. The molecule has 4 heteroatoms. The smallest absolute Gasteiger partial charge is 0.134 e. The third-order valence-corrected chi connectivity index (χ3v) is 2.75. The predicted octanol–water partition coefficient (Wildman–Crippen LogP) is 3.49. The molecule has 1 aromatic heterocycles. The van der Waals surface area contributed by atoms with E-state index in [0.717, 1.165) is 17.3 Å². The maximum atomic E-state index is 13.7. The van der Waals surface area contributed by atoms with Crippen molar-refractivity contribution < 1.29 is 8.78 Å². The fraction of sp³-hybridized carbons (Fsp3) is 0.308. The van der Waals surface area contributed by atoms with E-state index in [1.165, 1.54) is 12.1 Å². The van der Waals surface area contributed by atoms with E-state index in [9.17, 15) is 8.78 Å². The largest absolute Gasteiger partial charge is 0.272 e. The molecule has 2 nitrogen and oxygen atoms in total. The van der Waals surface area contributed by atoms with E-state index < -0.39 is 11.6 Å². The molecule has 90 valence electrons. The molecule has 0 saturated carbocycles. The maximum Gasteiger partial charge on any atom is 0.134 e. The van der Waals surface area contributed by atoms with E-state index in [1.54, 1.807) is 10.9 Å². The quantitative estimate of drug-likeness (QED) is 0.780. The van der Waals surface area contributed by atoms with Crippen LogP contribution in [0.3, 0.4) is 0 Å². The molecule has 0 N–H and O–H groups in total. The standard InChI is InChI=1S/C13H14F2N2/c1-8(2)13-11(7-16-17(13)3)10-5-4-9(14)6-12(10)15/h4-8H,1-3H3. The first-order chi connectivity index (χ1) is 8.00. The molecule has 0 atom stereocenters. The van der Waals surface area contributed by atoms with E-state index in [2.05, 4.69) is 5.10 Å². The second-order valence-electron chi connectivity index (χ2n) is 4.35. The average Bonchev–Trinajstić information content (AvgIpc) is 2.60. The highest BCUT2D eigenvalue weighted by Gasteiger charge is 2.16. The SMILES string of the molecule is CC(C)c1c(-c2ccc(F)cc2F)cnn1C. The van der Waals surface area contributed by atoms with Gasteiger partial charge in [0.15, 0.2) is 0 Å². The number of rotatable bonds is 2. The lowest BCUT2D eigenvalue weighted by molar-refractivity contribution is 0.585. The Kier molecular flexibility index (Phi) is 2.96. The molecule has 0 spiro atoms. The molecule has 2 rings (SSSR count). The molecule has 0 bridgehead atoms. The molecule has 0 radical (unpaired) electrons. The first-order valence-corrected chi connectivity index (χ1v) is 5.48. The van der Waals surface area contributed by atoms with Crippen molar-refractivity contribution in [1.29, 1.82) is 0 Å². The molecular formula is C13H14F2N2. The molecule has 0 fully saturated rings. The summed E-state index contributed by atoms with van der Waals surface area (Å²) < 4.78 is 28.3. The number of halogens is 2. The van der Waals surface area contributed by atoms with Gasteiger partial charge in [0.1, 0.15) is 11.6 Å². The van der Waals surface area contributed by atoms with Crippen LogP contribution in [0.2, 0.25) is 0 Å². The highest BCUT2D eigenvalue weighted by Crippen LogP contribution is 2.30. The molecule has 0 aliphatic heterocycles. The van der Waals surface area contributed by atoms with Crippen molar-refractivity contribution in [1.82, 2.24) is 9.78 Å². The van der Waals surface area contributed by atoms with Gasteiger partial charge >= 0.3 is 0 Å². The van der Waals surface area contributed by atoms with Crippen LogP contribution < -0.4 is 0 Å². The molecule has 0 unspecified atom stereocenters. The second kappa shape index (κ2) is 4.28. The minimum absolute atomic E-state index is 0.224. The molecular weight excluding hydrogens is 222 g/mol. The van der Waals surface area contributed by atoms with Crippen LogP contribution in [0.15, 0.2) is 24.4 Å². The van der Waals surface area contributed by atoms with Gasteiger partial charge in [0.25, 0.3) is 0 Å². The van der Waals surface area contributed by atoms with Crippen LogP contribution in [0.5, 0.6) is 0 Å². The Hall–Kier alpha value is -1.71. The van der Waals surface area contributed by atoms with Crippen molar-refractivity contribution in [2.45, 2.75) is 19.8 Å². The topological polar surface area (TPSA) is 17.8 Å². The van der Waals surface area contributed by atoms with Crippen LogP contribution in [0, 0.1) is 11.6 Å². The molecule has 0 amide bonds. The molecule has 2 aromatic rings. The third kappa shape index (κ3) is 2.07. The van der Waals surface area contributed by atoms with E-state index in [1.807, 2.05) is 20.9 Å². The van der Waals surface area contributed by atoms with Gasteiger partial charge < -0.3 is 0 Å². The molecule has 0 aliphatic rings. The molecule has 0 aliphatic carbocycles.